The predicted molar refractivity (Wildman–Crippen MR) is 95.4 cm³/mol. The van der Waals surface area contributed by atoms with Gasteiger partial charge in [-0.05, 0) is 48.1 Å². The predicted octanol–water partition coefficient (Wildman–Crippen LogP) is 3.84. The Kier molecular flexibility index (Phi) is 4.88. The van der Waals surface area contributed by atoms with Crippen molar-refractivity contribution in [2.24, 2.45) is 0 Å². The van der Waals surface area contributed by atoms with E-state index in [4.69, 9.17) is 9.84 Å². The molecule has 1 aliphatic rings. The number of benzene rings is 2. The smallest absolute Gasteiger partial charge is 0.323 e. The summed E-state index contributed by atoms with van der Waals surface area (Å²) < 4.78 is 5.24. The first kappa shape index (κ1) is 16.8. The van der Waals surface area contributed by atoms with Crippen molar-refractivity contribution in [2.45, 2.75) is 25.2 Å². The van der Waals surface area contributed by atoms with E-state index in [2.05, 4.69) is 10.6 Å². The van der Waals surface area contributed by atoms with Gasteiger partial charge in [0.25, 0.3) is 0 Å². The maximum Gasteiger partial charge on any atom is 0.323 e. The Hall–Kier alpha value is -3.02. The Morgan fingerprint density at radius 2 is 1.96 bits per heavy atom. The van der Waals surface area contributed by atoms with Crippen LogP contribution in [-0.4, -0.2) is 24.2 Å². The number of hydrogen-bond acceptors (Lipinski definition) is 3. The molecule has 0 aliphatic heterocycles. The zero-order valence-electron chi connectivity index (χ0n) is 13.9. The molecule has 25 heavy (non-hydrogen) atoms. The normalized spacial score (nSPS) is 13.2. The number of carbonyl (C=O) groups is 2. The van der Waals surface area contributed by atoms with E-state index < -0.39 is 5.97 Å². The van der Waals surface area contributed by atoms with Crippen LogP contribution in [0.25, 0.3) is 0 Å². The minimum absolute atomic E-state index is 0.0845. The lowest BCUT2D eigenvalue weighted by Crippen LogP contribution is -2.20. The summed E-state index contributed by atoms with van der Waals surface area (Å²) in [5, 5.41) is 14.5. The molecule has 1 saturated carbocycles. The molecule has 0 heterocycles. The topological polar surface area (TPSA) is 87.7 Å². The van der Waals surface area contributed by atoms with Gasteiger partial charge < -0.3 is 20.5 Å². The van der Waals surface area contributed by atoms with Gasteiger partial charge in [-0.2, -0.15) is 0 Å². The Morgan fingerprint density at radius 1 is 1.16 bits per heavy atom. The second-order valence-corrected chi connectivity index (χ2v) is 6.08. The fourth-order valence-electron chi connectivity index (χ4n) is 2.74. The fourth-order valence-corrected chi connectivity index (χ4v) is 2.74. The zero-order chi connectivity index (χ0) is 17.8. The molecule has 1 aliphatic carbocycles. The minimum Gasteiger partial charge on any atom is -0.497 e. The summed E-state index contributed by atoms with van der Waals surface area (Å²) in [6.07, 6.45) is 2.17. The molecule has 3 N–H and O–H groups in total. The van der Waals surface area contributed by atoms with E-state index in [1.54, 1.807) is 31.4 Å². The van der Waals surface area contributed by atoms with Gasteiger partial charge in [-0.25, -0.2) is 4.79 Å². The Morgan fingerprint density at radius 3 is 2.64 bits per heavy atom. The van der Waals surface area contributed by atoms with Crippen LogP contribution in [0.1, 0.15) is 29.9 Å². The quantitative estimate of drug-likeness (QED) is 0.745. The molecule has 1 fully saturated rings. The third-order valence-electron chi connectivity index (χ3n) is 4.07. The van der Waals surface area contributed by atoms with Crippen molar-refractivity contribution in [3.63, 3.8) is 0 Å². The molecule has 6 heteroatoms. The highest BCUT2D eigenvalue weighted by atomic mass is 16.5. The Bertz CT molecular complexity index is 800. The highest BCUT2D eigenvalue weighted by Crippen LogP contribution is 2.44. The van der Waals surface area contributed by atoms with E-state index in [0.29, 0.717) is 22.9 Å². The van der Waals surface area contributed by atoms with Gasteiger partial charge in [0.15, 0.2) is 0 Å². The molecule has 0 spiro atoms. The van der Waals surface area contributed by atoms with Crippen LogP contribution < -0.4 is 15.4 Å². The first-order chi connectivity index (χ1) is 12.0. The van der Waals surface area contributed by atoms with Crippen LogP contribution in [0, 0.1) is 0 Å². The number of amides is 2. The van der Waals surface area contributed by atoms with E-state index in [9.17, 15) is 9.59 Å². The molecule has 0 radical (unpaired) electrons. The number of carboxylic acids is 1. The molecule has 0 aromatic heterocycles. The summed E-state index contributed by atoms with van der Waals surface area (Å²) in [4.78, 5) is 23.1. The minimum atomic E-state index is -0.910. The highest BCUT2D eigenvalue weighted by molar-refractivity contribution is 6.00. The summed E-state index contributed by atoms with van der Waals surface area (Å²) in [6, 6.07) is 12.1. The van der Waals surface area contributed by atoms with Crippen LogP contribution in [0.5, 0.6) is 5.75 Å². The Balaban J connectivity index is 1.71. The van der Waals surface area contributed by atoms with Crippen molar-refractivity contribution >= 4 is 23.4 Å². The lowest BCUT2D eigenvalue weighted by atomic mass is 10.1. The van der Waals surface area contributed by atoms with Crippen molar-refractivity contribution in [3.8, 4) is 5.75 Å². The van der Waals surface area contributed by atoms with E-state index >= 15 is 0 Å². The molecule has 0 atom stereocenters. The number of carboxylic acid groups (broad SMARTS) is 1. The Labute approximate surface area is 145 Å². The average molecular weight is 340 g/mol. The molecule has 3 rings (SSSR count). The van der Waals surface area contributed by atoms with E-state index in [1.807, 2.05) is 18.2 Å². The molecular formula is C19H20N2O4. The van der Waals surface area contributed by atoms with Crippen LogP contribution in [0.4, 0.5) is 16.2 Å². The number of ether oxygens (including phenoxy) is 1. The second kappa shape index (κ2) is 7.25. The maximum atomic E-state index is 12.3. The third-order valence-corrected chi connectivity index (χ3v) is 4.07. The largest absolute Gasteiger partial charge is 0.497 e. The number of anilines is 2. The lowest BCUT2D eigenvalue weighted by molar-refractivity contribution is -0.136. The van der Waals surface area contributed by atoms with Gasteiger partial charge in [0, 0.05) is 17.4 Å². The first-order valence-electron chi connectivity index (χ1n) is 8.12. The standard InChI is InChI=1S/C19H20N2O4/c1-25-15-7-8-16(13-5-6-13)17(11-15)21-19(24)20-14-4-2-3-12(9-14)10-18(22)23/h2-4,7-9,11,13H,5-6,10H2,1H3,(H,22,23)(H2,20,21,24). The van der Waals surface area contributed by atoms with Gasteiger partial charge >= 0.3 is 12.0 Å². The van der Waals surface area contributed by atoms with Crippen molar-refractivity contribution in [1.29, 1.82) is 0 Å². The molecule has 2 aromatic carbocycles. The zero-order valence-corrected chi connectivity index (χ0v) is 13.9. The van der Waals surface area contributed by atoms with E-state index in [1.165, 1.54) is 0 Å². The van der Waals surface area contributed by atoms with Gasteiger partial charge in [0.2, 0.25) is 0 Å². The molecule has 2 amide bonds. The second-order valence-electron chi connectivity index (χ2n) is 6.08. The van der Waals surface area contributed by atoms with Crippen LogP contribution >= 0.6 is 0 Å². The van der Waals surface area contributed by atoms with Gasteiger partial charge in [-0.15, -0.1) is 0 Å². The first-order valence-corrected chi connectivity index (χ1v) is 8.12. The van der Waals surface area contributed by atoms with Crippen molar-refractivity contribution in [1.82, 2.24) is 0 Å². The van der Waals surface area contributed by atoms with Gasteiger partial charge in [-0.1, -0.05) is 18.2 Å². The molecule has 130 valence electrons. The lowest BCUT2D eigenvalue weighted by Gasteiger charge is -2.13. The molecule has 2 aromatic rings. The molecule has 0 saturated heterocycles. The number of hydrogen-bond donors (Lipinski definition) is 3. The van der Waals surface area contributed by atoms with Crippen LogP contribution in [0.3, 0.4) is 0 Å². The maximum absolute atomic E-state index is 12.3. The molecule has 0 unspecified atom stereocenters. The van der Waals surface area contributed by atoms with Crippen LogP contribution in [-0.2, 0) is 11.2 Å². The molecule has 6 nitrogen and oxygen atoms in total. The number of rotatable bonds is 6. The van der Waals surface area contributed by atoms with E-state index in [-0.39, 0.29) is 12.5 Å². The van der Waals surface area contributed by atoms with Crippen molar-refractivity contribution in [3.05, 3.63) is 53.6 Å². The third kappa shape index (κ3) is 4.50. The highest BCUT2D eigenvalue weighted by Gasteiger charge is 2.26. The summed E-state index contributed by atoms with van der Waals surface area (Å²) in [7, 11) is 1.59. The van der Waals surface area contributed by atoms with Crippen molar-refractivity contribution < 1.29 is 19.4 Å². The number of urea groups is 1. The van der Waals surface area contributed by atoms with Crippen molar-refractivity contribution in [2.75, 3.05) is 17.7 Å². The summed E-state index contributed by atoms with van der Waals surface area (Å²) in [5.41, 5.74) is 3.02. The van der Waals surface area contributed by atoms with Gasteiger partial charge in [-0.3, -0.25) is 4.79 Å². The number of aliphatic carboxylic acids is 1. The SMILES string of the molecule is COc1ccc(C2CC2)c(NC(=O)Nc2cccc(CC(=O)O)c2)c1. The summed E-state index contributed by atoms with van der Waals surface area (Å²) in [6.45, 7) is 0. The number of nitrogens with one attached hydrogen (secondary N) is 2. The average Bonchev–Trinajstić information content (AvgIpc) is 3.39. The molecule has 0 bridgehead atoms. The van der Waals surface area contributed by atoms with Crippen LogP contribution in [0.2, 0.25) is 0 Å². The van der Waals surface area contributed by atoms with Gasteiger partial charge in [0.1, 0.15) is 5.75 Å². The van der Waals surface area contributed by atoms with E-state index in [0.717, 1.165) is 24.1 Å². The number of methoxy groups -OCH3 is 1. The summed E-state index contributed by atoms with van der Waals surface area (Å²) in [5.74, 6) is 0.260. The number of carbonyl (C=O) groups excluding carboxylic acids is 1. The van der Waals surface area contributed by atoms with Crippen LogP contribution in [0.15, 0.2) is 42.5 Å². The van der Waals surface area contributed by atoms with Gasteiger partial charge in [0.05, 0.1) is 13.5 Å². The molecular weight excluding hydrogens is 320 g/mol. The summed E-state index contributed by atoms with van der Waals surface area (Å²) >= 11 is 0. The fraction of sp³-hybridized carbons (Fsp3) is 0.263. The monoisotopic (exact) mass is 340 g/mol.